The minimum absolute atomic E-state index is 0.197. The molecular weight excluding hydrogens is 436 g/mol. The largest absolute Gasteiger partial charge is 0.497 e. The van der Waals surface area contributed by atoms with Crippen LogP contribution < -0.4 is 14.2 Å². The molecule has 0 N–H and O–H groups in total. The van der Waals surface area contributed by atoms with Crippen molar-refractivity contribution < 1.29 is 18.9 Å². The maximum atomic E-state index is 5.99. The van der Waals surface area contributed by atoms with Gasteiger partial charge in [-0.15, -0.1) is 0 Å². The third-order valence-electron chi connectivity index (χ3n) is 6.19. The summed E-state index contributed by atoms with van der Waals surface area (Å²) in [4.78, 5) is 0. The van der Waals surface area contributed by atoms with Gasteiger partial charge in [0.15, 0.2) is 6.29 Å². The van der Waals surface area contributed by atoms with Crippen molar-refractivity contribution in [1.82, 2.24) is 0 Å². The maximum absolute atomic E-state index is 5.99. The highest BCUT2D eigenvalue weighted by atomic mass is 16.7. The maximum Gasteiger partial charge on any atom is 0.197 e. The van der Waals surface area contributed by atoms with E-state index in [9.17, 15) is 0 Å². The number of benzene rings is 3. The number of methoxy groups -OCH3 is 1. The lowest BCUT2D eigenvalue weighted by molar-refractivity contribution is -0.0738. The van der Waals surface area contributed by atoms with E-state index in [-0.39, 0.29) is 17.1 Å². The van der Waals surface area contributed by atoms with Crippen molar-refractivity contribution in [3.05, 3.63) is 66.2 Å². The summed E-state index contributed by atoms with van der Waals surface area (Å²) in [5.41, 5.74) is 1.83. The first-order valence-electron chi connectivity index (χ1n) is 12.5. The Balaban J connectivity index is 1.51. The van der Waals surface area contributed by atoms with Crippen LogP contribution in [0.5, 0.6) is 17.2 Å². The van der Waals surface area contributed by atoms with E-state index in [1.807, 2.05) is 37.3 Å². The summed E-state index contributed by atoms with van der Waals surface area (Å²) in [5, 5.41) is 2.14. The molecule has 2 unspecified atom stereocenters. The van der Waals surface area contributed by atoms with Gasteiger partial charge in [0.1, 0.15) is 23.9 Å². The second-order valence-corrected chi connectivity index (χ2v) is 11.5. The van der Waals surface area contributed by atoms with Gasteiger partial charge >= 0.3 is 0 Å². The van der Waals surface area contributed by atoms with Gasteiger partial charge < -0.3 is 18.9 Å². The van der Waals surface area contributed by atoms with Crippen molar-refractivity contribution >= 4 is 10.8 Å². The molecule has 0 aromatic heterocycles. The zero-order valence-electron chi connectivity index (χ0n) is 22.7. The molecule has 0 heterocycles. The number of hydrogen-bond acceptors (Lipinski definition) is 4. The third kappa shape index (κ3) is 7.90. The van der Waals surface area contributed by atoms with E-state index in [1.54, 1.807) is 7.11 Å². The van der Waals surface area contributed by atoms with Crippen LogP contribution in [0.3, 0.4) is 0 Å². The summed E-state index contributed by atoms with van der Waals surface area (Å²) in [6, 6.07) is 20.5. The minimum Gasteiger partial charge on any atom is -0.497 e. The molecule has 0 saturated carbocycles. The lowest BCUT2D eigenvalue weighted by Crippen LogP contribution is -2.24. The van der Waals surface area contributed by atoms with E-state index in [0.29, 0.717) is 19.1 Å². The summed E-state index contributed by atoms with van der Waals surface area (Å²) < 4.78 is 23.1. The quantitative estimate of drug-likeness (QED) is 0.217. The zero-order valence-corrected chi connectivity index (χ0v) is 22.7. The van der Waals surface area contributed by atoms with Gasteiger partial charge in [-0.1, -0.05) is 65.8 Å². The van der Waals surface area contributed by atoms with E-state index >= 15 is 0 Å². The van der Waals surface area contributed by atoms with Crippen molar-refractivity contribution in [3.8, 4) is 17.2 Å². The molecule has 0 saturated heterocycles. The molecule has 3 rings (SSSR count). The smallest absolute Gasteiger partial charge is 0.197 e. The zero-order chi connectivity index (χ0) is 25.6. The van der Waals surface area contributed by atoms with Gasteiger partial charge in [-0.3, -0.25) is 0 Å². The third-order valence-corrected chi connectivity index (χ3v) is 6.19. The van der Waals surface area contributed by atoms with E-state index in [1.165, 1.54) is 5.56 Å². The Morgan fingerprint density at radius 3 is 2.11 bits per heavy atom. The number of rotatable bonds is 10. The Bertz CT molecular complexity index is 1070. The highest BCUT2D eigenvalue weighted by Crippen LogP contribution is 2.43. The van der Waals surface area contributed by atoms with Crippen LogP contribution in [-0.4, -0.2) is 26.6 Å². The van der Waals surface area contributed by atoms with Crippen LogP contribution in [0.1, 0.15) is 66.4 Å². The van der Waals surface area contributed by atoms with E-state index in [0.717, 1.165) is 34.4 Å². The normalized spacial score (nSPS) is 13.9. The minimum atomic E-state index is -0.366. The first-order valence-corrected chi connectivity index (χ1v) is 12.5. The van der Waals surface area contributed by atoms with E-state index < -0.39 is 0 Å². The van der Waals surface area contributed by atoms with Crippen LogP contribution in [0.25, 0.3) is 10.8 Å². The molecule has 2 atom stereocenters. The molecule has 0 aliphatic rings. The first kappa shape index (κ1) is 26.9. The average molecular weight is 479 g/mol. The van der Waals surface area contributed by atoms with Crippen LogP contribution in [-0.2, 0) is 4.74 Å². The average Bonchev–Trinajstić information content (AvgIpc) is 2.79. The van der Waals surface area contributed by atoms with Crippen molar-refractivity contribution in [2.75, 3.05) is 20.3 Å². The van der Waals surface area contributed by atoms with Gasteiger partial charge in [0.2, 0.25) is 0 Å². The van der Waals surface area contributed by atoms with Gasteiger partial charge in [-0.05, 0) is 77.4 Å². The molecule has 0 aliphatic carbocycles. The Morgan fingerprint density at radius 2 is 1.49 bits per heavy atom. The van der Waals surface area contributed by atoms with Crippen LogP contribution in [0.4, 0.5) is 0 Å². The summed E-state index contributed by atoms with van der Waals surface area (Å²) >= 11 is 0. The lowest BCUT2D eigenvalue weighted by Gasteiger charge is -2.36. The van der Waals surface area contributed by atoms with Gasteiger partial charge in [0, 0.05) is 5.39 Å². The van der Waals surface area contributed by atoms with Gasteiger partial charge in [0.05, 0.1) is 13.7 Å². The van der Waals surface area contributed by atoms with Crippen molar-refractivity contribution in [3.63, 3.8) is 0 Å². The molecule has 3 aromatic rings. The summed E-state index contributed by atoms with van der Waals surface area (Å²) in [6.07, 6.45) is 0.773. The Labute approximate surface area is 211 Å². The van der Waals surface area contributed by atoms with Crippen molar-refractivity contribution in [1.29, 1.82) is 0 Å². The van der Waals surface area contributed by atoms with E-state index in [2.05, 4.69) is 71.9 Å². The Kier molecular flexibility index (Phi) is 8.71. The molecule has 0 spiro atoms. The van der Waals surface area contributed by atoms with E-state index in [4.69, 9.17) is 18.9 Å². The Hall–Kier alpha value is -2.72. The fourth-order valence-electron chi connectivity index (χ4n) is 4.39. The molecule has 4 nitrogen and oxygen atoms in total. The fraction of sp³-hybridized carbons (Fsp3) is 0.484. The fourth-order valence-corrected chi connectivity index (χ4v) is 4.39. The van der Waals surface area contributed by atoms with Crippen LogP contribution in [0.2, 0.25) is 0 Å². The molecule has 0 aliphatic heterocycles. The topological polar surface area (TPSA) is 36.9 Å². The molecule has 3 aromatic carbocycles. The number of fused-ring (bicyclic) bond motifs is 1. The van der Waals surface area contributed by atoms with Gasteiger partial charge in [-0.25, -0.2) is 0 Å². The molecule has 0 fully saturated rings. The van der Waals surface area contributed by atoms with Crippen molar-refractivity contribution in [2.45, 2.75) is 67.1 Å². The monoisotopic (exact) mass is 478 g/mol. The second-order valence-electron chi connectivity index (χ2n) is 11.5. The molecule has 0 radical (unpaired) electrons. The molecule has 35 heavy (non-hydrogen) atoms. The molecular formula is C31H42O4. The first-order chi connectivity index (χ1) is 16.5. The molecule has 190 valence electrons. The highest BCUT2D eigenvalue weighted by molar-refractivity contribution is 5.89. The van der Waals surface area contributed by atoms with Crippen LogP contribution in [0, 0.1) is 10.8 Å². The second kappa shape index (κ2) is 11.3. The summed E-state index contributed by atoms with van der Waals surface area (Å²) in [7, 11) is 1.67. The van der Waals surface area contributed by atoms with Gasteiger partial charge in [-0.2, -0.15) is 0 Å². The number of hydrogen-bond donors (Lipinski definition) is 0. The van der Waals surface area contributed by atoms with Gasteiger partial charge in [0.25, 0.3) is 0 Å². The highest BCUT2D eigenvalue weighted by Gasteiger charge is 2.30. The SMILES string of the molecule is COc1ccc2c(OCCOC(C)Oc3ccc(C(CC(C)(C)C)C(C)(C)C)cc3)cccc2c1. The van der Waals surface area contributed by atoms with Crippen LogP contribution in [0.15, 0.2) is 60.7 Å². The Morgan fingerprint density at radius 1 is 0.800 bits per heavy atom. The van der Waals surface area contributed by atoms with Crippen molar-refractivity contribution in [2.24, 2.45) is 10.8 Å². The summed E-state index contributed by atoms with van der Waals surface area (Å²) in [5.74, 6) is 2.97. The lowest BCUT2D eigenvalue weighted by atomic mass is 9.69. The standard InChI is InChI=1S/C31H42O4/c1-22(33-18-19-34-29-11-9-10-24-20-26(32-8)16-17-27(24)29)35-25-14-12-23(13-15-25)28(31(5,6)7)21-30(2,3)4/h9-17,20,22,28H,18-19,21H2,1-8H3. The number of ether oxygens (including phenoxy) is 4. The predicted octanol–water partition coefficient (Wildman–Crippen LogP) is 8.23. The summed E-state index contributed by atoms with van der Waals surface area (Å²) in [6.45, 7) is 16.7. The van der Waals surface area contributed by atoms with Crippen LogP contribution >= 0.6 is 0 Å². The molecule has 4 heteroatoms. The predicted molar refractivity (Wildman–Crippen MR) is 145 cm³/mol. The molecule has 0 bridgehead atoms. The molecule has 0 amide bonds.